The van der Waals surface area contributed by atoms with Crippen molar-refractivity contribution >= 4 is 118 Å². The van der Waals surface area contributed by atoms with E-state index in [-0.39, 0.29) is 15.8 Å². The minimum atomic E-state index is -0.496. The number of anilines is 2. The number of ketones is 2. The first-order valence-corrected chi connectivity index (χ1v) is 19.4. The molecule has 0 unspecified atom stereocenters. The summed E-state index contributed by atoms with van der Waals surface area (Å²) in [7, 11) is 0. The second kappa shape index (κ2) is 22.9. The van der Waals surface area contributed by atoms with Crippen LogP contribution in [0.3, 0.4) is 0 Å². The molecule has 0 aliphatic rings. The number of hydrogen-bond acceptors (Lipinski definition) is 6. The molecule has 0 fully saturated rings. The first kappa shape index (κ1) is 46.0. The van der Waals surface area contributed by atoms with Gasteiger partial charge in [-0.25, -0.2) is 9.97 Å². The molecule has 7 aromatic rings. The average molecular weight is 998 g/mol. The topological polar surface area (TPSA) is 112 Å². The number of nitrogens with zero attached hydrogens (tertiary/aromatic N) is 2. The van der Waals surface area contributed by atoms with Crippen molar-refractivity contribution in [2.45, 2.75) is 7.43 Å². The van der Waals surface area contributed by atoms with E-state index in [0.29, 0.717) is 22.5 Å². The summed E-state index contributed by atoms with van der Waals surface area (Å²) in [5, 5.41) is 0. The van der Waals surface area contributed by atoms with Gasteiger partial charge in [0.15, 0.2) is 0 Å². The van der Waals surface area contributed by atoms with Gasteiger partial charge in [0, 0.05) is 46.5 Å². The van der Waals surface area contributed by atoms with E-state index in [1.807, 2.05) is 60.7 Å². The second-order valence-corrected chi connectivity index (χ2v) is 14.4. The lowest BCUT2D eigenvalue weighted by Crippen LogP contribution is -2.14. The van der Waals surface area contributed by atoms with E-state index in [4.69, 9.17) is 21.4 Å². The Morgan fingerprint density at radius 2 is 0.722 bits per heavy atom. The lowest BCUT2D eigenvalue weighted by atomic mass is 10.0. The Kier molecular flexibility index (Phi) is 19.6. The summed E-state index contributed by atoms with van der Waals surface area (Å²) >= 11 is 18.2. The third kappa shape index (κ3) is 13.0. The summed E-state index contributed by atoms with van der Waals surface area (Å²) in [6.07, 6.45) is 1.47. The number of fused-ring (bicyclic) bond motifs is 1. The maximum absolute atomic E-state index is 12.0. The van der Waals surface area contributed by atoms with Gasteiger partial charge >= 0.3 is 0 Å². The molecule has 0 radical (unpaired) electrons. The number of hydrogen-bond donors (Lipinski definition) is 2. The number of aromatic nitrogens is 2. The molecule has 1 heterocycles. The number of carbonyl (C=O) groups is 2. The van der Waals surface area contributed by atoms with Crippen LogP contribution >= 0.6 is 75.3 Å². The van der Waals surface area contributed by atoms with Crippen LogP contribution in [0.15, 0.2) is 163 Å². The molecule has 7 rings (SSSR count). The molecular formula is C42H39BBr4ClN4O2-. The molecular weight excluding hydrogens is 958 g/mol. The summed E-state index contributed by atoms with van der Waals surface area (Å²) in [5.41, 5.74) is 18.6. The molecule has 6 nitrogen and oxygen atoms in total. The van der Waals surface area contributed by atoms with Gasteiger partial charge in [-0.05, 0) is 97.1 Å². The third-order valence-electron chi connectivity index (χ3n) is 7.22. The number of halogens is 5. The van der Waals surface area contributed by atoms with Crippen LogP contribution in [0.25, 0.3) is 33.5 Å². The first-order chi connectivity index (χ1) is 25.1. The van der Waals surface area contributed by atoms with Crippen molar-refractivity contribution in [3.8, 4) is 22.5 Å². The van der Waals surface area contributed by atoms with Gasteiger partial charge in [0.25, 0.3) is 0 Å². The van der Waals surface area contributed by atoms with E-state index in [0.717, 1.165) is 51.4 Å². The Morgan fingerprint density at radius 1 is 0.463 bits per heavy atom. The lowest BCUT2D eigenvalue weighted by molar-refractivity contribution is 0.0817. The van der Waals surface area contributed by atoms with E-state index in [9.17, 15) is 9.59 Å². The van der Waals surface area contributed by atoms with E-state index < -0.39 is 11.6 Å². The number of Topliss-reactive ketones (excluding diaryl/α,β-unsaturated/α-hetero) is 2. The molecule has 0 atom stereocenters. The van der Waals surface area contributed by atoms with Gasteiger partial charge in [0.1, 0.15) is 0 Å². The van der Waals surface area contributed by atoms with Gasteiger partial charge in [-0.15, -0.1) is 11.6 Å². The molecule has 0 aliphatic carbocycles. The highest BCUT2D eigenvalue weighted by molar-refractivity contribution is 9.11. The molecule has 1 aromatic heterocycles. The Labute approximate surface area is 356 Å². The van der Waals surface area contributed by atoms with Gasteiger partial charge in [-0.2, -0.15) is 0 Å². The van der Waals surface area contributed by atoms with Gasteiger partial charge in [0.2, 0.25) is 11.6 Å². The predicted octanol–water partition coefficient (Wildman–Crippen LogP) is 11.7. The van der Waals surface area contributed by atoms with Gasteiger partial charge < -0.3 is 11.5 Å². The van der Waals surface area contributed by atoms with Crippen LogP contribution in [0.5, 0.6) is 0 Å². The van der Waals surface area contributed by atoms with Gasteiger partial charge in [0.05, 0.1) is 33.8 Å². The first-order valence-electron chi connectivity index (χ1n) is 15.5. The van der Waals surface area contributed by atoms with Gasteiger partial charge in [-0.3, -0.25) is 9.59 Å². The summed E-state index contributed by atoms with van der Waals surface area (Å²) < 4.78 is 3.83. The fourth-order valence-corrected chi connectivity index (χ4v) is 5.65. The Balaban J connectivity index is 0.000000297. The number of alkyl halides is 1. The number of nitrogens with two attached hydrogens (primary N) is 2. The highest BCUT2D eigenvalue weighted by atomic mass is 79.9. The zero-order valence-corrected chi connectivity index (χ0v) is 34.7. The third-order valence-corrected chi connectivity index (χ3v) is 9.34. The lowest BCUT2D eigenvalue weighted by Gasteiger charge is -2.11. The number of rotatable bonds is 5. The molecule has 54 heavy (non-hydrogen) atoms. The summed E-state index contributed by atoms with van der Waals surface area (Å²) in [6, 6.07) is 45.0. The van der Waals surface area contributed by atoms with Crippen molar-refractivity contribution in [1.29, 1.82) is 0 Å². The molecule has 6 aromatic carbocycles. The largest absolute Gasteiger partial charge is 0.397 e. The summed E-state index contributed by atoms with van der Waals surface area (Å²) in [4.78, 5) is 33.7. The van der Waals surface area contributed by atoms with Crippen LogP contribution in [0.1, 0.15) is 28.1 Å². The van der Waals surface area contributed by atoms with Crippen LogP contribution < -0.4 is 11.5 Å². The van der Waals surface area contributed by atoms with E-state index in [2.05, 4.69) is 99.6 Å². The van der Waals surface area contributed by atoms with Crippen molar-refractivity contribution < 1.29 is 9.59 Å². The number of para-hydroxylation sites is 4. The molecule has 0 aliphatic heterocycles. The maximum Gasteiger partial charge on any atom is 0.233 e. The smallest absolute Gasteiger partial charge is 0.233 e. The standard InChI is InChI=1S/C20H12Br2N2.C14H8Br2O2.C6H8N2.CH3Cl.CH4.BH4/c21-15-9-5-13(6-10-15)19-20(14-7-11-16(22)12-8-14)24-18-4-2-1-3-17(18)23-19;15-11-5-1-9(2-6-11)13(17)14(18)10-3-7-12(16)8-4-10;7-5-3-1-2-4-6(5)8;1-2;;/h1-12H;1-8H;1-4H,7-8H2;1H3;2*1H4/q;;;;;-1. The monoisotopic (exact) mass is 993 g/mol. The molecule has 0 spiro atoms. The van der Waals surface area contributed by atoms with E-state index in [1.54, 1.807) is 60.7 Å². The maximum atomic E-state index is 12.0. The highest BCUT2D eigenvalue weighted by Crippen LogP contribution is 2.32. The fraction of sp³-hybridized carbons (Fsp3) is 0.0476. The Hall–Kier alpha value is -4.13. The number of nitrogen functional groups attached to an aromatic ring is 2. The minimum Gasteiger partial charge on any atom is -0.397 e. The van der Waals surface area contributed by atoms with Crippen LogP contribution in [0.4, 0.5) is 11.4 Å². The normalized spacial score (nSPS) is 9.67. The van der Waals surface area contributed by atoms with Crippen LogP contribution in [0, 0.1) is 0 Å². The SMILES string of the molecule is Brc1ccc(-c2nc3ccccc3nc2-c2ccc(Br)cc2)cc1.C.CCl.Nc1ccccc1N.O=C(C(=O)c1ccc(Br)cc1)c1ccc(Br)cc1.[BH4-]. The van der Waals surface area contributed by atoms with Crippen molar-refractivity contribution in [1.82, 2.24) is 9.97 Å². The molecule has 12 heteroatoms. The molecule has 4 N–H and O–H groups in total. The summed E-state index contributed by atoms with van der Waals surface area (Å²) in [6.45, 7) is 0. The van der Waals surface area contributed by atoms with Crippen LogP contribution in [0.2, 0.25) is 0 Å². The van der Waals surface area contributed by atoms with Crippen LogP contribution in [-0.4, -0.2) is 36.3 Å². The number of benzene rings is 6. The molecule has 0 saturated heterocycles. The van der Waals surface area contributed by atoms with Crippen LogP contribution in [-0.2, 0) is 0 Å². The van der Waals surface area contributed by atoms with E-state index >= 15 is 0 Å². The van der Waals surface area contributed by atoms with Crippen molar-refractivity contribution in [2.24, 2.45) is 0 Å². The molecule has 0 amide bonds. The van der Waals surface area contributed by atoms with Crippen molar-refractivity contribution in [2.75, 3.05) is 17.9 Å². The fourth-order valence-electron chi connectivity index (χ4n) is 4.59. The second-order valence-electron chi connectivity index (χ2n) is 10.7. The quantitative estimate of drug-likeness (QED) is 0.0584. The molecule has 0 saturated carbocycles. The molecule has 0 bridgehead atoms. The average Bonchev–Trinajstić information content (AvgIpc) is 3.17. The van der Waals surface area contributed by atoms with Gasteiger partial charge in [-0.1, -0.05) is 128 Å². The molecule has 278 valence electrons. The van der Waals surface area contributed by atoms with E-state index in [1.165, 1.54) is 6.38 Å². The Morgan fingerprint density at radius 3 is 1.00 bits per heavy atom. The zero-order valence-electron chi connectivity index (χ0n) is 27.6. The van der Waals surface area contributed by atoms with Crippen molar-refractivity contribution in [3.05, 3.63) is 175 Å². The highest BCUT2D eigenvalue weighted by Gasteiger charge is 2.18. The minimum absolute atomic E-state index is 0. The number of carbonyl (C=O) groups excluding carboxylic acids is 2. The Bertz CT molecular complexity index is 2100. The summed E-state index contributed by atoms with van der Waals surface area (Å²) in [5.74, 6) is -0.991. The predicted molar refractivity (Wildman–Crippen MR) is 248 cm³/mol. The zero-order chi connectivity index (χ0) is 37.6. The van der Waals surface area contributed by atoms with Crippen molar-refractivity contribution in [3.63, 3.8) is 0 Å².